The van der Waals surface area contributed by atoms with Gasteiger partial charge in [-0.25, -0.2) is 9.82 Å². The highest BCUT2D eigenvalue weighted by molar-refractivity contribution is 5.19. The van der Waals surface area contributed by atoms with E-state index >= 15 is 0 Å². The standard InChI is InChI=1S/C8H12FN3/c1-11-8(12-10)6-3-2-4-7(9)5-6/h2-5,8,11-12H,10H2,1H3. The molecule has 0 bridgehead atoms. The van der Waals surface area contributed by atoms with Crippen LogP contribution in [0.1, 0.15) is 11.7 Å². The predicted molar refractivity (Wildman–Crippen MR) is 45.5 cm³/mol. The van der Waals surface area contributed by atoms with Gasteiger partial charge in [0.1, 0.15) is 5.82 Å². The molecule has 0 amide bonds. The van der Waals surface area contributed by atoms with Gasteiger partial charge in [-0.15, -0.1) is 0 Å². The molecular formula is C8H12FN3. The van der Waals surface area contributed by atoms with Crippen LogP contribution in [0.3, 0.4) is 0 Å². The zero-order valence-electron chi connectivity index (χ0n) is 6.84. The zero-order valence-corrected chi connectivity index (χ0v) is 6.84. The Morgan fingerprint density at radius 2 is 2.25 bits per heavy atom. The van der Waals surface area contributed by atoms with E-state index in [1.165, 1.54) is 12.1 Å². The second-order valence-corrected chi connectivity index (χ2v) is 2.44. The summed E-state index contributed by atoms with van der Waals surface area (Å²) in [5.74, 6) is 4.97. The number of hydrazine groups is 1. The van der Waals surface area contributed by atoms with Gasteiger partial charge in [-0.3, -0.25) is 5.84 Å². The van der Waals surface area contributed by atoms with Crippen molar-refractivity contribution in [1.82, 2.24) is 10.7 Å². The molecule has 0 saturated heterocycles. The third kappa shape index (κ3) is 2.01. The Kier molecular flexibility index (Phi) is 3.16. The van der Waals surface area contributed by atoms with Gasteiger partial charge in [0.15, 0.2) is 0 Å². The summed E-state index contributed by atoms with van der Waals surface area (Å²) in [4.78, 5) is 0. The fourth-order valence-corrected chi connectivity index (χ4v) is 1.03. The number of benzene rings is 1. The van der Waals surface area contributed by atoms with Crippen LogP contribution in [0.15, 0.2) is 24.3 Å². The lowest BCUT2D eigenvalue weighted by molar-refractivity contribution is 0.485. The Labute approximate surface area is 70.7 Å². The first kappa shape index (κ1) is 9.12. The van der Waals surface area contributed by atoms with E-state index in [9.17, 15) is 4.39 Å². The molecule has 1 aromatic rings. The first-order chi connectivity index (χ1) is 5.77. The molecule has 66 valence electrons. The van der Waals surface area contributed by atoms with Gasteiger partial charge in [-0.1, -0.05) is 12.1 Å². The molecule has 0 spiro atoms. The van der Waals surface area contributed by atoms with Gasteiger partial charge in [-0.05, 0) is 24.7 Å². The van der Waals surface area contributed by atoms with Crippen LogP contribution < -0.4 is 16.6 Å². The van der Waals surface area contributed by atoms with Gasteiger partial charge in [0.05, 0.1) is 6.17 Å². The fraction of sp³-hybridized carbons (Fsp3) is 0.250. The fourth-order valence-electron chi connectivity index (χ4n) is 1.03. The number of rotatable bonds is 3. The van der Waals surface area contributed by atoms with Crippen LogP contribution in [0, 0.1) is 5.82 Å². The maximum atomic E-state index is 12.7. The van der Waals surface area contributed by atoms with Crippen molar-refractivity contribution in [2.45, 2.75) is 6.17 Å². The average molecular weight is 169 g/mol. The highest BCUT2D eigenvalue weighted by Gasteiger charge is 2.05. The summed E-state index contributed by atoms with van der Waals surface area (Å²) < 4.78 is 12.7. The molecule has 4 N–H and O–H groups in total. The van der Waals surface area contributed by atoms with Crippen molar-refractivity contribution < 1.29 is 4.39 Å². The number of halogens is 1. The molecule has 0 aliphatic rings. The van der Waals surface area contributed by atoms with Crippen molar-refractivity contribution in [2.75, 3.05) is 7.05 Å². The van der Waals surface area contributed by atoms with Crippen molar-refractivity contribution in [1.29, 1.82) is 0 Å². The minimum Gasteiger partial charge on any atom is -0.300 e. The Hall–Kier alpha value is -0.970. The first-order valence-corrected chi connectivity index (χ1v) is 3.67. The summed E-state index contributed by atoms with van der Waals surface area (Å²) in [7, 11) is 1.75. The second kappa shape index (κ2) is 4.15. The molecule has 0 aliphatic heterocycles. The van der Waals surface area contributed by atoms with Gasteiger partial charge in [0.2, 0.25) is 0 Å². The van der Waals surface area contributed by atoms with Crippen LogP contribution in [-0.2, 0) is 0 Å². The summed E-state index contributed by atoms with van der Waals surface area (Å²) in [6, 6.07) is 6.27. The summed E-state index contributed by atoms with van der Waals surface area (Å²) in [6.07, 6.45) is -0.208. The molecule has 0 aromatic heterocycles. The highest BCUT2D eigenvalue weighted by atomic mass is 19.1. The van der Waals surface area contributed by atoms with E-state index < -0.39 is 0 Å². The Bertz CT molecular complexity index is 248. The average Bonchev–Trinajstić information content (AvgIpc) is 2.07. The van der Waals surface area contributed by atoms with Crippen LogP contribution in [0.25, 0.3) is 0 Å². The lowest BCUT2D eigenvalue weighted by atomic mass is 10.2. The number of nitrogens with one attached hydrogen (secondary N) is 2. The van der Waals surface area contributed by atoms with Crippen LogP contribution in [-0.4, -0.2) is 7.05 Å². The van der Waals surface area contributed by atoms with E-state index in [4.69, 9.17) is 5.84 Å². The lowest BCUT2D eigenvalue weighted by Crippen LogP contribution is -2.36. The monoisotopic (exact) mass is 169 g/mol. The molecule has 0 fully saturated rings. The Balaban J connectivity index is 2.85. The van der Waals surface area contributed by atoms with Crippen molar-refractivity contribution >= 4 is 0 Å². The molecule has 1 unspecified atom stereocenters. The maximum Gasteiger partial charge on any atom is 0.123 e. The molecule has 4 heteroatoms. The van der Waals surface area contributed by atoms with Crippen molar-refractivity contribution in [2.24, 2.45) is 5.84 Å². The smallest absolute Gasteiger partial charge is 0.123 e. The normalized spacial score (nSPS) is 12.9. The zero-order chi connectivity index (χ0) is 8.97. The van der Waals surface area contributed by atoms with Crippen molar-refractivity contribution in [3.05, 3.63) is 35.6 Å². The molecule has 0 aliphatic carbocycles. The molecular weight excluding hydrogens is 157 g/mol. The molecule has 0 saturated carbocycles. The van der Waals surface area contributed by atoms with E-state index in [-0.39, 0.29) is 12.0 Å². The summed E-state index contributed by atoms with van der Waals surface area (Å²) in [5, 5.41) is 2.89. The summed E-state index contributed by atoms with van der Waals surface area (Å²) in [6.45, 7) is 0. The number of hydrogen-bond acceptors (Lipinski definition) is 3. The van der Waals surface area contributed by atoms with Gasteiger partial charge in [-0.2, -0.15) is 0 Å². The van der Waals surface area contributed by atoms with Crippen LogP contribution in [0.2, 0.25) is 0 Å². The topological polar surface area (TPSA) is 50.1 Å². The molecule has 12 heavy (non-hydrogen) atoms. The van der Waals surface area contributed by atoms with E-state index in [0.717, 1.165) is 5.56 Å². The van der Waals surface area contributed by atoms with Crippen molar-refractivity contribution in [3.8, 4) is 0 Å². The molecule has 1 rings (SSSR count). The van der Waals surface area contributed by atoms with E-state index in [2.05, 4.69) is 10.7 Å². The third-order valence-corrected chi connectivity index (χ3v) is 1.64. The molecule has 3 nitrogen and oxygen atoms in total. The summed E-state index contributed by atoms with van der Waals surface area (Å²) in [5.41, 5.74) is 3.30. The number of nitrogens with two attached hydrogens (primary N) is 1. The minimum atomic E-state index is -0.261. The summed E-state index contributed by atoms with van der Waals surface area (Å²) >= 11 is 0. The quantitative estimate of drug-likeness (QED) is 0.351. The first-order valence-electron chi connectivity index (χ1n) is 3.67. The molecule has 1 aromatic carbocycles. The maximum absolute atomic E-state index is 12.7. The molecule has 0 heterocycles. The Morgan fingerprint density at radius 3 is 2.75 bits per heavy atom. The third-order valence-electron chi connectivity index (χ3n) is 1.64. The van der Waals surface area contributed by atoms with E-state index in [0.29, 0.717) is 0 Å². The van der Waals surface area contributed by atoms with Crippen LogP contribution in [0.4, 0.5) is 4.39 Å². The van der Waals surface area contributed by atoms with Crippen LogP contribution in [0.5, 0.6) is 0 Å². The highest BCUT2D eigenvalue weighted by Crippen LogP contribution is 2.09. The Morgan fingerprint density at radius 1 is 1.50 bits per heavy atom. The SMILES string of the molecule is CNC(NN)c1cccc(F)c1. The van der Waals surface area contributed by atoms with Gasteiger partial charge < -0.3 is 5.32 Å². The van der Waals surface area contributed by atoms with E-state index in [1.807, 2.05) is 0 Å². The largest absolute Gasteiger partial charge is 0.300 e. The van der Waals surface area contributed by atoms with Gasteiger partial charge in [0.25, 0.3) is 0 Å². The van der Waals surface area contributed by atoms with Crippen molar-refractivity contribution in [3.63, 3.8) is 0 Å². The van der Waals surface area contributed by atoms with E-state index in [1.54, 1.807) is 19.2 Å². The number of hydrogen-bond donors (Lipinski definition) is 3. The molecule has 0 radical (unpaired) electrons. The lowest BCUT2D eigenvalue weighted by Gasteiger charge is -2.14. The van der Waals surface area contributed by atoms with Gasteiger partial charge in [0, 0.05) is 0 Å². The predicted octanol–water partition coefficient (Wildman–Crippen LogP) is 0.507. The minimum absolute atomic E-state index is 0.208. The van der Waals surface area contributed by atoms with Crippen LogP contribution >= 0.6 is 0 Å². The van der Waals surface area contributed by atoms with Gasteiger partial charge >= 0.3 is 0 Å². The molecule has 1 atom stereocenters. The second-order valence-electron chi connectivity index (χ2n) is 2.44.